The van der Waals surface area contributed by atoms with E-state index < -0.39 is 22.5 Å². The van der Waals surface area contributed by atoms with Crippen molar-refractivity contribution < 1.29 is 18.0 Å². The molecule has 0 saturated heterocycles. The number of sulfonamides is 1. The lowest BCUT2D eigenvalue weighted by Crippen LogP contribution is -2.33. The number of halogens is 1. The molecule has 2 N–H and O–H groups in total. The Labute approximate surface area is 179 Å². The van der Waals surface area contributed by atoms with Crippen LogP contribution in [0.1, 0.15) is 21.5 Å². The summed E-state index contributed by atoms with van der Waals surface area (Å²) in [6.45, 7) is 1.37. The number of para-hydroxylation sites is 1. The van der Waals surface area contributed by atoms with E-state index in [1.54, 1.807) is 60.7 Å². The van der Waals surface area contributed by atoms with Crippen LogP contribution >= 0.6 is 11.6 Å². The number of rotatable bonds is 7. The summed E-state index contributed by atoms with van der Waals surface area (Å²) in [6.07, 6.45) is 0. The molecule has 3 rings (SSSR count). The fourth-order valence-corrected chi connectivity index (χ4v) is 3.81. The highest BCUT2D eigenvalue weighted by atomic mass is 35.5. The molecule has 0 spiro atoms. The molecule has 0 heterocycles. The summed E-state index contributed by atoms with van der Waals surface area (Å²) in [5.74, 6) is -0.884. The maximum atomic E-state index is 12.8. The Balaban J connectivity index is 1.71. The third kappa shape index (κ3) is 5.33. The number of carbonyl (C=O) groups is 2. The zero-order valence-electron chi connectivity index (χ0n) is 16.1. The molecule has 0 aliphatic heterocycles. The topological polar surface area (TPSA) is 92.3 Å². The molecule has 3 aromatic rings. The number of amides is 1. The smallest absolute Gasteiger partial charge is 0.241 e. The van der Waals surface area contributed by atoms with Gasteiger partial charge in [-0.15, -0.1) is 0 Å². The maximum absolute atomic E-state index is 12.8. The molecule has 0 saturated carbocycles. The molecule has 0 aliphatic rings. The van der Waals surface area contributed by atoms with Gasteiger partial charge in [0, 0.05) is 16.1 Å². The number of carbonyl (C=O) groups excluding carboxylic acids is 2. The Bertz CT molecular complexity index is 1170. The van der Waals surface area contributed by atoms with Gasteiger partial charge in [0.25, 0.3) is 0 Å². The van der Waals surface area contributed by atoms with Crippen molar-refractivity contribution >= 4 is 39.0 Å². The van der Waals surface area contributed by atoms with Gasteiger partial charge in [-0.1, -0.05) is 41.4 Å². The Morgan fingerprint density at radius 3 is 2.20 bits per heavy atom. The van der Waals surface area contributed by atoms with Gasteiger partial charge in [-0.2, -0.15) is 0 Å². The average Bonchev–Trinajstić information content (AvgIpc) is 2.73. The monoisotopic (exact) mass is 442 g/mol. The molecule has 0 unspecified atom stereocenters. The van der Waals surface area contributed by atoms with Gasteiger partial charge in [-0.25, -0.2) is 13.1 Å². The Morgan fingerprint density at radius 1 is 0.900 bits per heavy atom. The van der Waals surface area contributed by atoms with Gasteiger partial charge in [-0.05, 0) is 55.5 Å². The van der Waals surface area contributed by atoms with Crippen molar-refractivity contribution in [3.8, 4) is 0 Å². The second kappa shape index (κ2) is 9.21. The fourth-order valence-electron chi connectivity index (χ4n) is 2.70. The number of hydrogen-bond donors (Lipinski definition) is 2. The molecule has 0 aliphatic carbocycles. The third-order valence-corrected chi connectivity index (χ3v) is 5.98. The lowest BCUT2D eigenvalue weighted by atomic mass is 10.0. The van der Waals surface area contributed by atoms with Crippen LogP contribution in [-0.4, -0.2) is 26.7 Å². The first kappa shape index (κ1) is 21.7. The summed E-state index contributed by atoms with van der Waals surface area (Å²) in [4.78, 5) is 25.2. The van der Waals surface area contributed by atoms with Crippen LogP contribution in [0.25, 0.3) is 0 Å². The van der Waals surface area contributed by atoms with E-state index in [4.69, 9.17) is 11.6 Å². The van der Waals surface area contributed by atoms with Gasteiger partial charge in [0.05, 0.1) is 17.1 Å². The first-order chi connectivity index (χ1) is 14.3. The van der Waals surface area contributed by atoms with Crippen LogP contribution in [0, 0.1) is 6.92 Å². The highest BCUT2D eigenvalue weighted by molar-refractivity contribution is 7.89. The van der Waals surface area contributed by atoms with E-state index in [9.17, 15) is 18.0 Å². The molecule has 154 valence electrons. The maximum Gasteiger partial charge on any atom is 0.241 e. The van der Waals surface area contributed by atoms with Gasteiger partial charge in [0.2, 0.25) is 15.9 Å². The van der Waals surface area contributed by atoms with Gasteiger partial charge in [0.15, 0.2) is 5.78 Å². The summed E-state index contributed by atoms with van der Waals surface area (Å²) in [7, 11) is -3.83. The summed E-state index contributed by atoms with van der Waals surface area (Å²) in [5, 5.41) is 3.10. The largest absolute Gasteiger partial charge is 0.324 e. The second-order valence-electron chi connectivity index (χ2n) is 6.57. The van der Waals surface area contributed by atoms with Crippen LogP contribution in [0.2, 0.25) is 5.02 Å². The summed E-state index contributed by atoms with van der Waals surface area (Å²) in [6, 6.07) is 19.2. The molecular weight excluding hydrogens is 424 g/mol. The van der Waals surface area contributed by atoms with Gasteiger partial charge in [0.1, 0.15) is 0 Å². The molecular formula is C22H19ClN2O4S. The first-order valence-corrected chi connectivity index (χ1v) is 10.9. The molecule has 8 heteroatoms. The van der Waals surface area contributed by atoms with Crippen LogP contribution < -0.4 is 10.0 Å². The Morgan fingerprint density at radius 2 is 1.53 bits per heavy atom. The molecule has 6 nitrogen and oxygen atoms in total. The van der Waals surface area contributed by atoms with Crippen LogP contribution in [-0.2, 0) is 14.8 Å². The first-order valence-electron chi connectivity index (χ1n) is 9.02. The third-order valence-electron chi connectivity index (χ3n) is 4.31. The standard InChI is InChI=1S/C22H19ClN2O4S/c1-15-6-12-18(13-7-15)30(28,29)24-14-21(26)25-20-5-3-2-4-19(20)22(27)16-8-10-17(23)11-9-16/h2-13,24H,14H2,1H3,(H,25,26). The zero-order valence-corrected chi connectivity index (χ0v) is 17.6. The van der Waals surface area contributed by atoms with E-state index in [0.29, 0.717) is 10.6 Å². The highest BCUT2D eigenvalue weighted by Gasteiger charge is 2.18. The van der Waals surface area contributed by atoms with Gasteiger partial charge in [-0.3, -0.25) is 9.59 Å². The second-order valence-corrected chi connectivity index (χ2v) is 8.77. The van der Waals surface area contributed by atoms with Crippen LogP contribution in [0.15, 0.2) is 77.7 Å². The van der Waals surface area contributed by atoms with Crippen molar-refractivity contribution in [2.24, 2.45) is 0 Å². The predicted octanol–water partition coefficient (Wildman–Crippen LogP) is 3.80. The van der Waals surface area contributed by atoms with E-state index >= 15 is 0 Å². The SMILES string of the molecule is Cc1ccc(S(=O)(=O)NCC(=O)Nc2ccccc2C(=O)c2ccc(Cl)cc2)cc1. The van der Waals surface area contributed by atoms with Crippen molar-refractivity contribution in [3.05, 3.63) is 94.5 Å². The van der Waals surface area contributed by atoms with Crippen molar-refractivity contribution in [2.45, 2.75) is 11.8 Å². The molecule has 0 fully saturated rings. The predicted molar refractivity (Wildman–Crippen MR) is 116 cm³/mol. The van der Waals surface area contributed by atoms with E-state index in [-0.39, 0.29) is 21.9 Å². The molecule has 0 bridgehead atoms. The molecule has 3 aromatic carbocycles. The van der Waals surface area contributed by atoms with Crippen molar-refractivity contribution in [1.82, 2.24) is 4.72 Å². The number of hydrogen-bond acceptors (Lipinski definition) is 4. The van der Waals surface area contributed by atoms with Crippen LogP contribution in [0.4, 0.5) is 5.69 Å². The van der Waals surface area contributed by atoms with Crippen molar-refractivity contribution in [2.75, 3.05) is 11.9 Å². The molecule has 0 radical (unpaired) electrons. The highest BCUT2D eigenvalue weighted by Crippen LogP contribution is 2.20. The molecule has 0 aromatic heterocycles. The lowest BCUT2D eigenvalue weighted by molar-refractivity contribution is -0.115. The summed E-state index contributed by atoms with van der Waals surface area (Å²) >= 11 is 5.86. The number of anilines is 1. The van der Waals surface area contributed by atoms with Gasteiger partial charge >= 0.3 is 0 Å². The van der Waals surface area contributed by atoms with Crippen molar-refractivity contribution in [3.63, 3.8) is 0 Å². The average molecular weight is 443 g/mol. The van der Waals surface area contributed by atoms with E-state index in [2.05, 4.69) is 10.0 Å². The lowest BCUT2D eigenvalue weighted by Gasteiger charge is -2.11. The summed E-state index contributed by atoms with van der Waals surface area (Å²) < 4.78 is 26.9. The fraction of sp³-hybridized carbons (Fsp3) is 0.0909. The Hall–Kier alpha value is -3.00. The molecule has 30 heavy (non-hydrogen) atoms. The molecule has 0 atom stereocenters. The normalized spacial score (nSPS) is 11.1. The van der Waals surface area contributed by atoms with Gasteiger partial charge < -0.3 is 5.32 Å². The zero-order chi connectivity index (χ0) is 21.7. The van der Waals surface area contributed by atoms with Crippen LogP contribution in [0.3, 0.4) is 0 Å². The number of aryl methyl sites for hydroxylation is 1. The minimum absolute atomic E-state index is 0.0687. The van der Waals surface area contributed by atoms with Crippen LogP contribution in [0.5, 0.6) is 0 Å². The summed E-state index contributed by atoms with van der Waals surface area (Å²) in [5.41, 5.74) is 1.92. The van der Waals surface area contributed by atoms with E-state index in [1.807, 2.05) is 6.92 Å². The minimum Gasteiger partial charge on any atom is -0.324 e. The van der Waals surface area contributed by atoms with E-state index in [1.165, 1.54) is 12.1 Å². The van der Waals surface area contributed by atoms with Crippen molar-refractivity contribution in [1.29, 1.82) is 0 Å². The minimum atomic E-state index is -3.83. The van der Waals surface area contributed by atoms with E-state index in [0.717, 1.165) is 5.56 Å². The number of nitrogens with one attached hydrogen (secondary N) is 2. The Kier molecular flexibility index (Phi) is 6.66. The molecule has 1 amide bonds. The number of ketones is 1. The quantitative estimate of drug-likeness (QED) is 0.544. The number of benzene rings is 3.